The number of hydrogen-bond donors (Lipinski definition) is 0. The van der Waals surface area contributed by atoms with Gasteiger partial charge in [-0.05, 0) is 37.1 Å². The first-order valence-electron chi connectivity index (χ1n) is 10.3. The number of amides is 2. The van der Waals surface area contributed by atoms with E-state index in [2.05, 4.69) is 0 Å². The molecule has 2 heterocycles. The molecular weight excluding hydrogens is 477 g/mol. The number of halogens is 3. The first-order chi connectivity index (χ1) is 16.0. The predicted molar refractivity (Wildman–Crippen MR) is 111 cm³/mol. The van der Waals surface area contributed by atoms with Gasteiger partial charge in [0, 0.05) is 13.1 Å². The van der Waals surface area contributed by atoms with Crippen molar-refractivity contribution in [3.63, 3.8) is 0 Å². The predicted octanol–water partition coefficient (Wildman–Crippen LogP) is 2.90. The van der Waals surface area contributed by atoms with Crippen molar-refractivity contribution in [1.82, 2.24) is 9.21 Å². The van der Waals surface area contributed by atoms with Crippen LogP contribution in [0.15, 0.2) is 53.4 Å². The second-order valence-corrected chi connectivity index (χ2v) is 9.76. The summed E-state index contributed by atoms with van der Waals surface area (Å²) >= 11 is 0. The Kier molecular flexibility index (Phi) is 6.21. The van der Waals surface area contributed by atoms with E-state index < -0.39 is 57.1 Å². The van der Waals surface area contributed by atoms with Crippen LogP contribution in [0.5, 0.6) is 0 Å². The lowest BCUT2D eigenvalue weighted by molar-refractivity contribution is -0.152. The van der Waals surface area contributed by atoms with Crippen LogP contribution in [0, 0.1) is 5.92 Å². The van der Waals surface area contributed by atoms with E-state index in [0.717, 1.165) is 21.3 Å². The number of alkyl halides is 3. The van der Waals surface area contributed by atoms with Crippen LogP contribution in [0.4, 0.5) is 13.2 Å². The SMILES string of the molecule is O=C(OCN1C(=O)c2ccccc2C1=O)C1CCN(S(=O)(=O)c2ccccc2C(F)(F)F)CC1. The highest BCUT2D eigenvalue weighted by Crippen LogP contribution is 2.36. The molecule has 2 amide bonds. The van der Waals surface area contributed by atoms with E-state index in [-0.39, 0.29) is 37.1 Å². The van der Waals surface area contributed by atoms with Crippen molar-refractivity contribution in [3.8, 4) is 0 Å². The Morgan fingerprint density at radius 1 is 0.941 bits per heavy atom. The first kappa shape index (κ1) is 23.9. The lowest BCUT2D eigenvalue weighted by atomic mass is 9.98. The number of sulfonamides is 1. The van der Waals surface area contributed by atoms with Gasteiger partial charge in [0.2, 0.25) is 10.0 Å². The third kappa shape index (κ3) is 4.30. The van der Waals surface area contributed by atoms with Gasteiger partial charge in [0.15, 0.2) is 6.73 Å². The summed E-state index contributed by atoms with van der Waals surface area (Å²) in [5.41, 5.74) is -0.833. The van der Waals surface area contributed by atoms with Gasteiger partial charge in [-0.3, -0.25) is 14.4 Å². The van der Waals surface area contributed by atoms with Crippen molar-refractivity contribution in [2.75, 3.05) is 19.8 Å². The van der Waals surface area contributed by atoms with Crippen LogP contribution >= 0.6 is 0 Å². The second kappa shape index (κ2) is 8.84. The Morgan fingerprint density at radius 3 is 2.03 bits per heavy atom. The van der Waals surface area contributed by atoms with Crippen molar-refractivity contribution in [1.29, 1.82) is 0 Å². The molecule has 1 saturated heterocycles. The summed E-state index contributed by atoms with van der Waals surface area (Å²) in [6.07, 6.45) is -4.79. The number of ether oxygens (including phenoxy) is 1. The van der Waals surface area contributed by atoms with Crippen LogP contribution < -0.4 is 0 Å². The van der Waals surface area contributed by atoms with Crippen LogP contribution in [-0.2, 0) is 25.7 Å². The van der Waals surface area contributed by atoms with E-state index in [1.54, 1.807) is 12.1 Å². The van der Waals surface area contributed by atoms with Gasteiger partial charge in [-0.1, -0.05) is 24.3 Å². The van der Waals surface area contributed by atoms with Gasteiger partial charge < -0.3 is 4.74 Å². The summed E-state index contributed by atoms with van der Waals surface area (Å²) in [5.74, 6) is -2.61. The number of rotatable bonds is 5. The quantitative estimate of drug-likeness (QED) is 0.466. The largest absolute Gasteiger partial charge is 0.443 e. The summed E-state index contributed by atoms with van der Waals surface area (Å²) in [6, 6.07) is 10.1. The Bertz CT molecular complexity index is 1220. The van der Waals surface area contributed by atoms with Crippen molar-refractivity contribution in [2.24, 2.45) is 5.92 Å². The van der Waals surface area contributed by atoms with E-state index in [9.17, 15) is 36.0 Å². The van der Waals surface area contributed by atoms with Gasteiger partial charge in [-0.2, -0.15) is 17.5 Å². The fraction of sp³-hybridized carbons (Fsp3) is 0.318. The molecule has 0 saturated carbocycles. The van der Waals surface area contributed by atoms with E-state index in [0.29, 0.717) is 6.07 Å². The van der Waals surface area contributed by atoms with E-state index in [1.807, 2.05) is 0 Å². The summed E-state index contributed by atoms with van der Waals surface area (Å²) < 4.78 is 71.5. The zero-order valence-corrected chi connectivity index (χ0v) is 18.4. The van der Waals surface area contributed by atoms with Crippen LogP contribution in [0.2, 0.25) is 0 Å². The summed E-state index contributed by atoms with van der Waals surface area (Å²) in [4.78, 5) is 37.1. The Hall–Kier alpha value is -3.25. The van der Waals surface area contributed by atoms with Crippen molar-refractivity contribution < 1.29 is 40.7 Å². The summed E-state index contributed by atoms with van der Waals surface area (Å²) in [5, 5.41) is 0. The Morgan fingerprint density at radius 2 is 1.47 bits per heavy atom. The molecule has 2 aromatic carbocycles. The van der Waals surface area contributed by atoms with Gasteiger partial charge in [0.05, 0.1) is 27.5 Å². The number of imide groups is 1. The molecule has 0 atom stereocenters. The average Bonchev–Trinajstić information content (AvgIpc) is 3.06. The third-order valence-electron chi connectivity index (χ3n) is 5.81. The Balaban J connectivity index is 1.37. The number of nitrogens with zero attached hydrogens (tertiary/aromatic N) is 2. The molecule has 1 fully saturated rings. The molecule has 2 aromatic rings. The minimum atomic E-state index is -4.84. The van der Waals surface area contributed by atoms with Crippen LogP contribution in [-0.4, -0.2) is 55.2 Å². The van der Waals surface area contributed by atoms with Gasteiger partial charge in [0.1, 0.15) is 0 Å². The zero-order valence-electron chi connectivity index (χ0n) is 17.6. The average molecular weight is 496 g/mol. The molecule has 4 rings (SSSR count). The molecule has 0 radical (unpaired) electrons. The monoisotopic (exact) mass is 496 g/mol. The molecule has 8 nitrogen and oxygen atoms in total. The van der Waals surface area contributed by atoms with E-state index >= 15 is 0 Å². The number of fused-ring (bicyclic) bond motifs is 1. The van der Waals surface area contributed by atoms with Crippen molar-refractivity contribution >= 4 is 27.8 Å². The highest BCUT2D eigenvalue weighted by atomic mass is 32.2. The second-order valence-electron chi connectivity index (χ2n) is 7.85. The van der Waals surface area contributed by atoms with Crippen LogP contribution in [0.25, 0.3) is 0 Å². The minimum Gasteiger partial charge on any atom is -0.443 e. The first-order valence-corrected chi connectivity index (χ1v) is 11.7. The van der Waals surface area contributed by atoms with Crippen molar-refractivity contribution in [2.45, 2.75) is 23.9 Å². The lowest BCUT2D eigenvalue weighted by Gasteiger charge is -2.31. The number of benzene rings is 2. The molecule has 0 unspecified atom stereocenters. The summed E-state index contributed by atoms with van der Waals surface area (Å²) in [7, 11) is -4.43. The molecular formula is C22H19F3N2O6S. The smallest absolute Gasteiger partial charge is 0.417 e. The standard InChI is InChI=1S/C22H19F3N2O6S/c23-22(24,25)17-7-3-4-8-18(17)34(31,32)26-11-9-14(10-12-26)21(30)33-13-27-19(28)15-5-1-2-6-16(15)20(27)29/h1-8,14H,9-13H2. The topological polar surface area (TPSA) is 101 Å². The zero-order chi connectivity index (χ0) is 24.7. The lowest BCUT2D eigenvalue weighted by Crippen LogP contribution is -2.42. The maximum absolute atomic E-state index is 13.3. The van der Waals surface area contributed by atoms with Gasteiger partial charge >= 0.3 is 12.1 Å². The molecule has 0 N–H and O–H groups in total. The normalized spacial score (nSPS) is 17.7. The van der Waals surface area contributed by atoms with Crippen molar-refractivity contribution in [3.05, 3.63) is 65.2 Å². The molecule has 2 aliphatic heterocycles. The van der Waals surface area contributed by atoms with Crippen LogP contribution in [0.3, 0.4) is 0 Å². The molecule has 0 aliphatic carbocycles. The third-order valence-corrected chi connectivity index (χ3v) is 7.77. The molecule has 34 heavy (non-hydrogen) atoms. The molecule has 0 bridgehead atoms. The molecule has 180 valence electrons. The number of carbonyl (C=O) groups is 3. The molecule has 0 spiro atoms. The fourth-order valence-electron chi connectivity index (χ4n) is 4.00. The van der Waals surface area contributed by atoms with Gasteiger partial charge in [-0.25, -0.2) is 13.3 Å². The Labute approximate surface area is 193 Å². The number of carbonyl (C=O) groups excluding carboxylic acids is 3. The van der Waals surface area contributed by atoms with E-state index in [1.165, 1.54) is 18.2 Å². The van der Waals surface area contributed by atoms with Gasteiger partial charge in [-0.15, -0.1) is 0 Å². The van der Waals surface area contributed by atoms with Gasteiger partial charge in [0.25, 0.3) is 11.8 Å². The molecule has 0 aromatic heterocycles. The maximum Gasteiger partial charge on any atom is 0.417 e. The minimum absolute atomic E-state index is 0.0222. The number of hydrogen-bond acceptors (Lipinski definition) is 6. The number of esters is 1. The highest BCUT2D eigenvalue weighted by Gasteiger charge is 2.41. The number of piperidine rings is 1. The summed E-state index contributed by atoms with van der Waals surface area (Å²) in [6.45, 7) is -0.939. The maximum atomic E-state index is 13.3. The fourth-order valence-corrected chi connectivity index (χ4v) is 5.68. The molecule has 12 heteroatoms. The highest BCUT2D eigenvalue weighted by molar-refractivity contribution is 7.89. The molecule has 2 aliphatic rings. The van der Waals surface area contributed by atoms with E-state index in [4.69, 9.17) is 4.74 Å². The van der Waals surface area contributed by atoms with Crippen LogP contribution in [0.1, 0.15) is 39.1 Å².